The SMILES string of the molecule is Cc1ccc(Cl)c(NC(=O)c2ccc([N+](=O)[O-])c(Cl)c2)c1. The first-order chi connectivity index (χ1) is 9.88. The Morgan fingerprint density at radius 2 is 1.86 bits per heavy atom. The first-order valence-corrected chi connectivity index (χ1v) is 6.65. The van der Waals surface area contributed by atoms with E-state index >= 15 is 0 Å². The summed E-state index contributed by atoms with van der Waals surface area (Å²) in [6.45, 7) is 1.87. The van der Waals surface area contributed by atoms with Crippen LogP contribution in [0.3, 0.4) is 0 Å². The van der Waals surface area contributed by atoms with Crippen LogP contribution in [-0.2, 0) is 0 Å². The Kier molecular flexibility index (Phi) is 4.45. The van der Waals surface area contributed by atoms with E-state index in [0.717, 1.165) is 5.56 Å². The fraction of sp³-hybridized carbons (Fsp3) is 0.0714. The molecule has 7 heteroatoms. The highest BCUT2D eigenvalue weighted by Gasteiger charge is 2.16. The van der Waals surface area contributed by atoms with Crippen molar-refractivity contribution in [1.82, 2.24) is 0 Å². The van der Waals surface area contributed by atoms with Crippen molar-refractivity contribution in [2.24, 2.45) is 0 Å². The van der Waals surface area contributed by atoms with E-state index in [1.54, 1.807) is 12.1 Å². The van der Waals surface area contributed by atoms with Gasteiger partial charge >= 0.3 is 0 Å². The van der Waals surface area contributed by atoms with E-state index in [4.69, 9.17) is 23.2 Å². The van der Waals surface area contributed by atoms with Gasteiger partial charge in [0.25, 0.3) is 11.6 Å². The van der Waals surface area contributed by atoms with Crippen LogP contribution in [0.1, 0.15) is 15.9 Å². The molecule has 5 nitrogen and oxygen atoms in total. The molecule has 2 rings (SSSR count). The van der Waals surface area contributed by atoms with Crippen molar-refractivity contribution in [2.45, 2.75) is 6.92 Å². The number of anilines is 1. The average molecular weight is 325 g/mol. The van der Waals surface area contributed by atoms with E-state index < -0.39 is 10.8 Å². The predicted molar refractivity (Wildman–Crippen MR) is 82.2 cm³/mol. The lowest BCUT2D eigenvalue weighted by Crippen LogP contribution is -2.12. The largest absolute Gasteiger partial charge is 0.321 e. The number of nitrogens with zero attached hydrogens (tertiary/aromatic N) is 1. The number of nitro groups is 1. The van der Waals surface area contributed by atoms with Crippen molar-refractivity contribution in [1.29, 1.82) is 0 Å². The molecule has 0 aliphatic rings. The number of rotatable bonds is 3. The van der Waals surface area contributed by atoms with Gasteiger partial charge in [-0.1, -0.05) is 29.3 Å². The number of hydrogen-bond donors (Lipinski definition) is 1. The summed E-state index contributed by atoms with van der Waals surface area (Å²) in [6.07, 6.45) is 0. The summed E-state index contributed by atoms with van der Waals surface area (Å²) in [6, 6.07) is 9.00. The Labute approximate surface area is 130 Å². The molecule has 108 valence electrons. The van der Waals surface area contributed by atoms with Crippen LogP contribution in [0.4, 0.5) is 11.4 Å². The van der Waals surface area contributed by atoms with E-state index in [-0.39, 0.29) is 16.3 Å². The van der Waals surface area contributed by atoms with Crippen LogP contribution in [-0.4, -0.2) is 10.8 Å². The Hall–Kier alpha value is -2.11. The van der Waals surface area contributed by atoms with Crippen molar-refractivity contribution in [3.05, 3.63) is 67.7 Å². The first-order valence-electron chi connectivity index (χ1n) is 5.90. The molecule has 0 spiro atoms. The Morgan fingerprint density at radius 3 is 2.48 bits per heavy atom. The molecule has 0 bridgehead atoms. The Bertz CT molecular complexity index is 732. The number of nitrogens with one attached hydrogen (secondary N) is 1. The number of aryl methyl sites for hydroxylation is 1. The second-order valence-corrected chi connectivity index (χ2v) is 5.18. The summed E-state index contributed by atoms with van der Waals surface area (Å²) in [7, 11) is 0. The lowest BCUT2D eigenvalue weighted by atomic mass is 10.1. The minimum atomic E-state index is -0.610. The number of amides is 1. The molecule has 2 aromatic carbocycles. The van der Waals surface area contributed by atoms with Crippen molar-refractivity contribution >= 4 is 40.5 Å². The topological polar surface area (TPSA) is 72.2 Å². The van der Waals surface area contributed by atoms with Crippen molar-refractivity contribution < 1.29 is 9.72 Å². The third kappa shape index (κ3) is 3.51. The third-order valence-corrected chi connectivity index (χ3v) is 3.41. The van der Waals surface area contributed by atoms with Crippen LogP contribution in [0.25, 0.3) is 0 Å². The number of hydrogen-bond acceptors (Lipinski definition) is 3. The number of carbonyl (C=O) groups excluding carboxylic acids is 1. The standard InChI is InChI=1S/C14H10Cl2N2O3/c1-8-2-4-10(15)12(6-8)17-14(19)9-3-5-13(18(20)21)11(16)7-9/h2-7H,1H3,(H,17,19). The number of halogens is 2. The molecule has 0 saturated carbocycles. The number of carbonyl (C=O) groups is 1. The molecule has 0 saturated heterocycles. The minimum Gasteiger partial charge on any atom is -0.321 e. The van der Waals surface area contributed by atoms with Gasteiger partial charge in [-0.2, -0.15) is 0 Å². The minimum absolute atomic E-state index is 0.0945. The lowest BCUT2D eigenvalue weighted by Gasteiger charge is -2.08. The zero-order valence-electron chi connectivity index (χ0n) is 10.9. The highest BCUT2D eigenvalue weighted by molar-refractivity contribution is 6.34. The molecular formula is C14H10Cl2N2O3. The van der Waals surface area contributed by atoms with Gasteiger partial charge < -0.3 is 5.32 Å². The van der Waals surface area contributed by atoms with Crippen LogP contribution in [0.5, 0.6) is 0 Å². The monoisotopic (exact) mass is 324 g/mol. The molecular weight excluding hydrogens is 315 g/mol. The van der Waals surface area contributed by atoms with E-state index in [2.05, 4.69) is 5.32 Å². The summed E-state index contributed by atoms with van der Waals surface area (Å²) in [4.78, 5) is 22.2. The summed E-state index contributed by atoms with van der Waals surface area (Å²) in [5.74, 6) is -0.445. The highest BCUT2D eigenvalue weighted by atomic mass is 35.5. The molecule has 2 aromatic rings. The maximum Gasteiger partial charge on any atom is 0.287 e. The summed E-state index contributed by atoms with van der Waals surface area (Å²) < 4.78 is 0. The van der Waals surface area contributed by atoms with Gasteiger partial charge in [-0.3, -0.25) is 14.9 Å². The second-order valence-electron chi connectivity index (χ2n) is 4.36. The van der Waals surface area contributed by atoms with Crippen molar-refractivity contribution in [3.63, 3.8) is 0 Å². The van der Waals surface area contributed by atoms with E-state index in [1.807, 2.05) is 13.0 Å². The van der Waals surface area contributed by atoms with Gasteiger partial charge in [0, 0.05) is 11.6 Å². The third-order valence-electron chi connectivity index (χ3n) is 2.78. The fourth-order valence-corrected chi connectivity index (χ4v) is 2.14. The summed E-state index contributed by atoms with van der Waals surface area (Å²) in [5, 5.41) is 13.6. The molecule has 0 fully saturated rings. The lowest BCUT2D eigenvalue weighted by molar-refractivity contribution is -0.384. The molecule has 0 atom stereocenters. The Morgan fingerprint density at radius 1 is 1.14 bits per heavy atom. The van der Waals surface area contributed by atoms with Crippen molar-refractivity contribution in [3.8, 4) is 0 Å². The zero-order chi connectivity index (χ0) is 15.6. The number of nitro benzene ring substituents is 1. The molecule has 21 heavy (non-hydrogen) atoms. The van der Waals surface area contributed by atoms with Gasteiger partial charge in [0.15, 0.2) is 0 Å². The van der Waals surface area contributed by atoms with Gasteiger partial charge in [0.2, 0.25) is 0 Å². The molecule has 0 unspecified atom stereocenters. The van der Waals surface area contributed by atoms with E-state index in [9.17, 15) is 14.9 Å². The molecule has 0 aliphatic heterocycles. The second kappa shape index (κ2) is 6.11. The maximum absolute atomic E-state index is 12.1. The van der Waals surface area contributed by atoms with E-state index in [0.29, 0.717) is 10.7 Å². The van der Waals surface area contributed by atoms with Gasteiger partial charge in [-0.25, -0.2) is 0 Å². The maximum atomic E-state index is 12.1. The molecule has 1 amide bonds. The summed E-state index contributed by atoms with van der Waals surface area (Å²) >= 11 is 11.8. The molecule has 0 radical (unpaired) electrons. The smallest absolute Gasteiger partial charge is 0.287 e. The highest BCUT2D eigenvalue weighted by Crippen LogP contribution is 2.27. The van der Waals surface area contributed by atoms with Gasteiger partial charge in [-0.15, -0.1) is 0 Å². The van der Waals surface area contributed by atoms with Crippen molar-refractivity contribution in [2.75, 3.05) is 5.32 Å². The summed E-state index contributed by atoms with van der Waals surface area (Å²) in [5.41, 5.74) is 1.37. The van der Waals surface area contributed by atoms with E-state index in [1.165, 1.54) is 18.2 Å². The molecule has 0 aliphatic carbocycles. The molecule has 0 heterocycles. The fourth-order valence-electron chi connectivity index (χ4n) is 1.73. The van der Waals surface area contributed by atoms with Crippen LogP contribution < -0.4 is 5.32 Å². The van der Waals surface area contributed by atoms with Crippen LogP contribution in [0.2, 0.25) is 10.0 Å². The Balaban J connectivity index is 2.26. The molecule has 0 aromatic heterocycles. The van der Waals surface area contributed by atoms with Gasteiger partial charge in [-0.05, 0) is 36.8 Å². The van der Waals surface area contributed by atoms with Gasteiger partial charge in [0.05, 0.1) is 15.6 Å². The normalized spacial score (nSPS) is 10.2. The zero-order valence-corrected chi connectivity index (χ0v) is 12.4. The first kappa shape index (κ1) is 15.3. The molecule has 1 N–H and O–H groups in total. The van der Waals surface area contributed by atoms with Crippen LogP contribution >= 0.6 is 23.2 Å². The van der Waals surface area contributed by atoms with Crippen LogP contribution in [0, 0.1) is 17.0 Å². The van der Waals surface area contributed by atoms with Gasteiger partial charge in [0.1, 0.15) is 5.02 Å². The quantitative estimate of drug-likeness (QED) is 0.669. The predicted octanol–water partition coefficient (Wildman–Crippen LogP) is 4.46. The average Bonchev–Trinajstić information content (AvgIpc) is 2.42. The van der Waals surface area contributed by atoms with Crippen LogP contribution in [0.15, 0.2) is 36.4 Å². The number of benzene rings is 2.